The van der Waals surface area contributed by atoms with E-state index < -0.39 is 10.0 Å². The van der Waals surface area contributed by atoms with Crippen molar-refractivity contribution in [2.75, 3.05) is 14.2 Å². The molecule has 2 rings (SSSR count). The number of ether oxygens (including phenoxy) is 2. The minimum absolute atomic E-state index is 0.135. The lowest BCUT2D eigenvalue weighted by atomic mass is 10.2. The van der Waals surface area contributed by atoms with Crippen molar-refractivity contribution in [2.45, 2.75) is 31.3 Å². The van der Waals surface area contributed by atoms with Crippen LogP contribution >= 0.6 is 0 Å². The molecule has 0 spiro atoms. The van der Waals surface area contributed by atoms with Gasteiger partial charge in [0.15, 0.2) is 0 Å². The van der Waals surface area contributed by atoms with E-state index in [4.69, 9.17) is 9.47 Å². The average molecular weight is 349 g/mol. The van der Waals surface area contributed by atoms with Gasteiger partial charge < -0.3 is 9.47 Å². The molecule has 24 heavy (non-hydrogen) atoms. The second-order valence-corrected chi connectivity index (χ2v) is 7.51. The molecule has 6 heteroatoms. The minimum atomic E-state index is -3.71. The van der Waals surface area contributed by atoms with Crippen LogP contribution in [-0.2, 0) is 16.6 Å². The molecule has 2 aromatic carbocycles. The van der Waals surface area contributed by atoms with Gasteiger partial charge in [-0.05, 0) is 31.5 Å². The molecule has 0 fully saturated rings. The SMILES string of the molecule is COc1ccc(S(=O)(=O)N(Cc2ccccc2)C(C)C)c(OC)c1. The lowest BCUT2D eigenvalue weighted by Gasteiger charge is -2.27. The third-order valence-corrected chi connectivity index (χ3v) is 5.78. The van der Waals surface area contributed by atoms with Gasteiger partial charge in [-0.3, -0.25) is 0 Å². The highest BCUT2D eigenvalue weighted by molar-refractivity contribution is 7.89. The van der Waals surface area contributed by atoms with E-state index in [1.54, 1.807) is 12.1 Å². The van der Waals surface area contributed by atoms with Crippen LogP contribution in [0.15, 0.2) is 53.4 Å². The van der Waals surface area contributed by atoms with Crippen LogP contribution in [-0.4, -0.2) is 33.0 Å². The van der Waals surface area contributed by atoms with Gasteiger partial charge in [0.2, 0.25) is 10.0 Å². The smallest absolute Gasteiger partial charge is 0.247 e. The number of hydrogen-bond acceptors (Lipinski definition) is 4. The summed E-state index contributed by atoms with van der Waals surface area (Å²) in [6.45, 7) is 4.02. The number of rotatable bonds is 7. The quantitative estimate of drug-likeness (QED) is 0.769. The Morgan fingerprint density at radius 2 is 1.67 bits per heavy atom. The Morgan fingerprint density at radius 1 is 1.00 bits per heavy atom. The zero-order chi connectivity index (χ0) is 17.7. The van der Waals surface area contributed by atoms with Crippen molar-refractivity contribution in [1.29, 1.82) is 0 Å². The zero-order valence-electron chi connectivity index (χ0n) is 14.4. The number of nitrogens with zero attached hydrogens (tertiary/aromatic N) is 1. The van der Waals surface area contributed by atoms with Crippen LogP contribution in [0.4, 0.5) is 0 Å². The first kappa shape index (κ1) is 18.3. The third kappa shape index (κ3) is 3.88. The zero-order valence-corrected chi connectivity index (χ0v) is 15.2. The molecule has 0 aliphatic heterocycles. The summed E-state index contributed by atoms with van der Waals surface area (Å²) in [6, 6.07) is 14.1. The molecule has 0 aliphatic carbocycles. The second-order valence-electron chi connectivity index (χ2n) is 5.65. The van der Waals surface area contributed by atoms with Gasteiger partial charge in [-0.2, -0.15) is 4.31 Å². The molecule has 0 saturated heterocycles. The molecule has 0 unspecified atom stereocenters. The largest absolute Gasteiger partial charge is 0.497 e. The molecule has 2 aromatic rings. The van der Waals surface area contributed by atoms with Crippen LogP contribution in [0.5, 0.6) is 11.5 Å². The highest BCUT2D eigenvalue weighted by Gasteiger charge is 2.30. The van der Waals surface area contributed by atoms with E-state index >= 15 is 0 Å². The first-order valence-corrected chi connectivity index (χ1v) is 9.12. The highest BCUT2D eigenvalue weighted by atomic mass is 32.2. The number of methoxy groups -OCH3 is 2. The van der Waals surface area contributed by atoms with Gasteiger partial charge >= 0.3 is 0 Å². The van der Waals surface area contributed by atoms with Gasteiger partial charge in [0.25, 0.3) is 0 Å². The van der Waals surface area contributed by atoms with Crippen LogP contribution in [0.1, 0.15) is 19.4 Å². The van der Waals surface area contributed by atoms with Crippen LogP contribution in [0.3, 0.4) is 0 Å². The van der Waals surface area contributed by atoms with Gasteiger partial charge in [-0.1, -0.05) is 30.3 Å². The van der Waals surface area contributed by atoms with Crippen LogP contribution < -0.4 is 9.47 Å². The van der Waals surface area contributed by atoms with E-state index in [2.05, 4.69) is 0 Å². The molecule has 5 nitrogen and oxygen atoms in total. The fourth-order valence-electron chi connectivity index (χ4n) is 2.42. The summed E-state index contributed by atoms with van der Waals surface area (Å²) >= 11 is 0. The maximum Gasteiger partial charge on any atom is 0.247 e. The second kappa shape index (κ2) is 7.68. The molecular formula is C18H23NO4S. The van der Waals surface area contributed by atoms with E-state index in [1.807, 2.05) is 44.2 Å². The predicted octanol–water partition coefficient (Wildman–Crippen LogP) is 3.30. The van der Waals surface area contributed by atoms with Gasteiger partial charge in [0.1, 0.15) is 16.4 Å². The van der Waals surface area contributed by atoms with E-state index in [1.165, 1.54) is 24.6 Å². The van der Waals surface area contributed by atoms with Crippen LogP contribution in [0, 0.1) is 0 Å². The normalized spacial score (nSPS) is 11.8. The molecule has 0 aromatic heterocycles. The summed E-state index contributed by atoms with van der Waals surface area (Å²) in [4.78, 5) is 0.135. The van der Waals surface area contributed by atoms with Crippen molar-refractivity contribution in [1.82, 2.24) is 4.31 Å². The van der Waals surface area contributed by atoms with Crippen molar-refractivity contribution in [3.05, 3.63) is 54.1 Å². The molecule has 0 amide bonds. The van der Waals surface area contributed by atoms with E-state index in [-0.39, 0.29) is 16.7 Å². The summed E-state index contributed by atoms with van der Waals surface area (Å²) in [5.41, 5.74) is 0.933. The Balaban J connectivity index is 2.45. The molecule has 0 atom stereocenters. The molecule has 0 radical (unpaired) electrons. The van der Waals surface area contributed by atoms with Crippen molar-refractivity contribution in [3.8, 4) is 11.5 Å². The summed E-state index contributed by atoms with van der Waals surface area (Å²) in [5.74, 6) is 0.818. The Morgan fingerprint density at radius 3 is 2.21 bits per heavy atom. The maximum atomic E-state index is 13.2. The molecule has 0 bridgehead atoms. The highest BCUT2D eigenvalue weighted by Crippen LogP contribution is 2.32. The van der Waals surface area contributed by atoms with E-state index in [0.717, 1.165) is 5.56 Å². The fourth-order valence-corrected chi connectivity index (χ4v) is 4.19. The topological polar surface area (TPSA) is 55.8 Å². The molecule has 0 N–H and O–H groups in total. The minimum Gasteiger partial charge on any atom is -0.497 e. The van der Waals surface area contributed by atoms with Gasteiger partial charge in [-0.25, -0.2) is 8.42 Å². The number of benzene rings is 2. The standard InChI is InChI=1S/C18H23NO4S/c1-14(2)19(13-15-8-6-5-7-9-15)24(20,21)18-11-10-16(22-3)12-17(18)23-4/h5-12,14H,13H2,1-4H3. The monoisotopic (exact) mass is 349 g/mol. The van der Waals surface area contributed by atoms with Gasteiger partial charge in [0.05, 0.1) is 14.2 Å². The van der Waals surface area contributed by atoms with E-state index in [0.29, 0.717) is 12.3 Å². The van der Waals surface area contributed by atoms with Crippen molar-refractivity contribution in [2.24, 2.45) is 0 Å². The first-order valence-electron chi connectivity index (χ1n) is 7.68. The Hall–Kier alpha value is -2.05. The number of hydrogen-bond donors (Lipinski definition) is 0. The lowest BCUT2D eigenvalue weighted by molar-refractivity contribution is 0.342. The molecule has 0 saturated carbocycles. The summed E-state index contributed by atoms with van der Waals surface area (Å²) < 4.78 is 38.2. The van der Waals surface area contributed by atoms with Crippen LogP contribution in [0.25, 0.3) is 0 Å². The molecule has 0 aliphatic rings. The van der Waals surface area contributed by atoms with Crippen molar-refractivity contribution in [3.63, 3.8) is 0 Å². The van der Waals surface area contributed by atoms with Crippen molar-refractivity contribution >= 4 is 10.0 Å². The Bertz CT molecular complexity index is 773. The molecular weight excluding hydrogens is 326 g/mol. The third-order valence-electron chi connectivity index (χ3n) is 3.71. The van der Waals surface area contributed by atoms with Gasteiger partial charge in [0, 0.05) is 18.7 Å². The van der Waals surface area contributed by atoms with Crippen LogP contribution in [0.2, 0.25) is 0 Å². The average Bonchev–Trinajstić information content (AvgIpc) is 2.59. The molecule has 0 heterocycles. The Kier molecular flexibility index (Phi) is 5.85. The first-order chi connectivity index (χ1) is 11.4. The summed E-state index contributed by atoms with van der Waals surface area (Å²) in [7, 11) is -0.738. The van der Waals surface area contributed by atoms with Gasteiger partial charge in [-0.15, -0.1) is 0 Å². The predicted molar refractivity (Wildman–Crippen MR) is 93.9 cm³/mol. The van der Waals surface area contributed by atoms with Crippen molar-refractivity contribution < 1.29 is 17.9 Å². The fraction of sp³-hybridized carbons (Fsp3) is 0.333. The lowest BCUT2D eigenvalue weighted by Crippen LogP contribution is -2.36. The molecule has 130 valence electrons. The van der Waals surface area contributed by atoms with E-state index in [9.17, 15) is 8.42 Å². The Labute approximate surface area is 143 Å². The maximum absolute atomic E-state index is 13.2. The summed E-state index contributed by atoms with van der Waals surface area (Å²) in [5, 5.41) is 0. The number of sulfonamides is 1. The summed E-state index contributed by atoms with van der Waals surface area (Å²) in [6.07, 6.45) is 0.